The molecule has 60 valence electrons. The number of aromatic nitrogens is 1. The van der Waals surface area contributed by atoms with Gasteiger partial charge in [0.1, 0.15) is 5.01 Å². The zero-order valence-corrected chi connectivity index (χ0v) is 7.48. The zero-order valence-electron chi connectivity index (χ0n) is 6.66. The summed E-state index contributed by atoms with van der Waals surface area (Å²) in [6.07, 6.45) is 0. The molecule has 11 heavy (non-hydrogen) atoms. The second-order valence-corrected chi connectivity index (χ2v) is 3.28. The summed E-state index contributed by atoms with van der Waals surface area (Å²) in [7, 11) is 0. The lowest BCUT2D eigenvalue weighted by Gasteiger charge is -1.88. The topological polar surface area (TPSA) is 51.3 Å². The quantitative estimate of drug-likeness (QED) is 0.536. The van der Waals surface area contributed by atoms with Gasteiger partial charge in [-0.3, -0.25) is 4.99 Å². The monoisotopic (exact) mass is 169 g/mol. The lowest BCUT2D eigenvalue weighted by molar-refractivity contribution is 1.01. The molecule has 0 unspecified atom stereocenters. The van der Waals surface area contributed by atoms with E-state index in [9.17, 15) is 0 Å². The molecule has 0 atom stereocenters. The first-order valence-electron chi connectivity index (χ1n) is 3.36. The molecule has 1 heterocycles. The molecule has 2 N–H and O–H groups in total. The van der Waals surface area contributed by atoms with Gasteiger partial charge in [-0.25, -0.2) is 4.98 Å². The van der Waals surface area contributed by atoms with Crippen LogP contribution >= 0.6 is 11.3 Å². The minimum Gasteiger partial charge on any atom is -0.388 e. The van der Waals surface area contributed by atoms with E-state index in [1.165, 1.54) is 0 Å². The first kappa shape index (κ1) is 8.20. The van der Waals surface area contributed by atoms with Crippen LogP contribution in [-0.2, 0) is 6.54 Å². The van der Waals surface area contributed by atoms with E-state index in [-0.39, 0.29) is 0 Å². The van der Waals surface area contributed by atoms with Gasteiger partial charge in [-0.05, 0) is 13.8 Å². The molecule has 0 radical (unpaired) electrons. The van der Waals surface area contributed by atoms with E-state index in [2.05, 4.69) is 9.98 Å². The fourth-order valence-corrected chi connectivity index (χ4v) is 1.36. The molecule has 0 aromatic carbocycles. The highest BCUT2D eigenvalue weighted by atomic mass is 32.1. The van der Waals surface area contributed by atoms with Gasteiger partial charge in [0.05, 0.1) is 12.4 Å². The molecular formula is C7H11N3S. The summed E-state index contributed by atoms with van der Waals surface area (Å²) in [4.78, 5) is 8.29. The van der Waals surface area contributed by atoms with Gasteiger partial charge in [0.25, 0.3) is 0 Å². The van der Waals surface area contributed by atoms with Crippen LogP contribution in [-0.4, -0.2) is 10.8 Å². The van der Waals surface area contributed by atoms with Gasteiger partial charge in [-0.1, -0.05) is 0 Å². The van der Waals surface area contributed by atoms with Crippen molar-refractivity contribution in [2.24, 2.45) is 10.7 Å². The van der Waals surface area contributed by atoms with E-state index in [0.717, 1.165) is 10.7 Å². The maximum atomic E-state index is 5.37. The molecule has 0 aliphatic carbocycles. The van der Waals surface area contributed by atoms with Gasteiger partial charge in [-0.2, -0.15) is 0 Å². The molecule has 1 aromatic heterocycles. The molecule has 4 heteroatoms. The minimum atomic E-state index is 0.609. The second-order valence-electron chi connectivity index (χ2n) is 2.34. The van der Waals surface area contributed by atoms with Crippen molar-refractivity contribution in [3.63, 3.8) is 0 Å². The third kappa shape index (κ3) is 2.67. The Labute approximate surface area is 70.0 Å². The number of hydrogen-bond acceptors (Lipinski definition) is 3. The van der Waals surface area contributed by atoms with Gasteiger partial charge < -0.3 is 5.73 Å². The Morgan fingerprint density at radius 3 is 3.00 bits per heavy atom. The van der Waals surface area contributed by atoms with Crippen molar-refractivity contribution < 1.29 is 0 Å². The van der Waals surface area contributed by atoms with Crippen LogP contribution in [0.25, 0.3) is 0 Å². The third-order valence-corrected chi connectivity index (χ3v) is 2.08. The predicted molar refractivity (Wildman–Crippen MR) is 47.9 cm³/mol. The first-order valence-corrected chi connectivity index (χ1v) is 4.24. The second kappa shape index (κ2) is 3.48. The van der Waals surface area contributed by atoms with Crippen LogP contribution in [0.3, 0.4) is 0 Å². The molecule has 1 rings (SSSR count). The van der Waals surface area contributed by atoms with Gasteiger partial charge in [0.2, 0.25) is 0 Å². The van der Waals surface area contributed by atoms with Crippen molar-refractivity contribution in [1.82, 2.24) is 4.98 Å². The van der Waals surface area contributed by atoms with E-state index in [4.69, 9.17) is 5.73 Å². The van der Waals surface area contributed by atoms with E-state index in [1.54, 1.807) is 18.3 Å². The molecular weight excluding hydrogens is 158 g/mol. The van der Waals surface area contributed by atoms with E-state index >= 15 is 0 Å². The molecule has 0 aliphatic heterocycles. The summed E-state index contributed by atoms with van der Waals surface area (Å²) < 4.78 is 0. The average molecular weight is 169 g/mol. The first-order chi connectivity index (χ1) is 5.18. The van der Waals surface area contributed by atoms with Crippen LogP contribution in [0.5, 0.6) is 0 Å². The summed E-state index contributed by atoms with van der Waals surface area (Å²) in [5.41, 5.74) is 6.42. The molecule has 0 saturated heterocycles. The van der Waals surface area contributed by atoms with Crippen molar-refractivity contribution in [3.05, 3.63) is 16.1 Å². The molecule has 0 aliphatic rings. The highest BCUT2D eigenvalue weighted by molar-refractivity contribution is 7.09. The standard InChI is InChI=1S/C7H11N3S/c1-5-4-11-7(10-5)3-9-6(2)8/h4H,3H2,1-2H3,(H2,8,9). The largest absolute Gasteiger partial charge is 0.388 e. The molecule has 0 bridgehead atoms. The van der Waals surface area contributed by atoms with E-state index < -0.39 is 0 Å². The molecule has 0 amide bonds. The lowest BCUT2D eigenvalue weighted by atomic mass is 10.6. The number of thiazole rings is 1. The Morgan fingerprint density at radius 1 is 1.82 bits per heavy atom. The van der Waals surface area contributed by atoms with Crippen molar-refractivity contribution in [2.45, 2.75) is 20.4 Å². The summed E-state index contributed by atoms with van der Waals surface area (Å²) >= 11 is 1.62. The van der Waals surface area contributed by atoms with Crippen molar-refractivity contribution in [3.8, 4) is 0 Å². The highest BCUT2D eigenvalue weighted by Gasteiger charge is 1.95. The van der Waals surface area contributed by atoms with Crippen LogP contribution < -0.4 is 5.73 Å². The normalized spacial score (nSPS) is 12.0. The molecule has 0 spiro atoms. The predicted octanol–water partition coefficient (Wildman–Crippen LogP) is 1.33. The number of amidine groups is 1. The maximum absolute atomic E-state index is 5.37. The van der Waals surface area contributed by atoms with Crippen LogP contribution in [0.1, 0.15) is 17.6 Å². The van der Waals surface area contributed by atoms with Crippen molar-refractivity contribution in [1.29, 1.82) is 0 Å². The fourth-order valence-electron chi connectivity index (χ4n) is 0.668. The number of hydrogen-bond donors (Lipinski definition) is 1. The summed E-state index contributed by atoms with van der Waals surface area (Å²) in [6.45, 7) is 4.36. The number of aryl methyl sites for hydroxylation is 1. The number of nitrogens with zero attached hydrogens (tertiary/aromatic N) is 2. The Balaban J connectivity index is 2.58. The van der Waals surface area contributed by atoms with E-state index in [1.807, 2.05) is 12.3 Å². The third-order valence-electron chi connectivity index (χ3n) is 1.13. The van der Waals surface area contributed by atoms with Crippen molar-refractivity contribution >= 4 is 17.2 Å². The van der Waals surface area contributed by atoms with Crippen LogP contribution in [0.2, 0.25) is 0 Å². The van der Waals surface area contributed by atoms with Gasteiger partial charge in [-0.15, -0.1) is 11.3 Å². The van der Waals surface area contributed by atoms with Crippen LogP contribution in [0.15, 0.2) is 10.4 Å². The molecule has 0 fully saturated rings. The Kier molecular flexibility index (Phi) is 2.59. The Bertz CT molecular complexity index is 260. The molecule has 3 nitrogen and oxygen atoms in total. The Hall–Kier alpha value is -0.900. The summed E-state index contributed by atoms with van der Waals surface area (Å²) in [5, 5.41) is 3.03. The van der Waals surface area contributed by atoms with Crippen molar-refractivity contribution in [2.75, 3.05) is 0 Å². The van der Waals surface area contributed by atoms with Gasteiger partial charge >= 0.3 is 0 Å². The average Bonchev–Trinajstić information content (AvgIpc) is 2.31. The van der Waals surface area contributed by atoms with Crippen LogP contribution in [0.4, 0.5) is 0 Å². The zero-order chi connectivity index (χ0) is 8.27. The number of aliphatic imine (C=N–C) groups is 1. The van der Waals surface area contributed by atoms with Gasteiger partial charge in [0, 0.05) is 11.1 Å². The minimum absolute atomic E-state index is 0.609. The van der Waals surface area contributed by atoms with E-state index in [0.29, 0.717) is 12.4 Å². The smallest absolute Gasteiger partial charge is 0.114 e. The lowest BCUT2D eigenvalue weighted by Crippen LogP contribution is -2.05. The fraction of sp³-hybridized carbons (Fsp3) is 0.429. The van der Waals surface area contributed by atoms with Gasteiger partial charge in [0.15, 0.2) is 0 Å². The molecule has 0 saturated carbocycles. The summed E-state index contributed by atoms with van der Waals surface area (Å²) in [5.74, 6) is 0.609. The number of nitrogens with two attached hydrogens (primary N) is 1. The summed E-state index contributed by atoms with van der Waals surface area (Å²) in [6, 6.07) is 0. The highest BCUT2D eigenvalue weighted by Crippen LogP contribution is 2.09. The maximum Gasteiger partial charge on any atom is 0.114 e. The Morgan fingerprint density at radius 2 is 2.55 bits per heavy atom. The number of rotatable bonds is 2. The van der Waals surface area contributed by atoms with Crippen LogP contribution in [0, 0.1) is 6.92 Å². The molecule has 1 aromatic rings. The SMILES string of the molecule is CC(N)=NCc1nc(C)cs1.